The number of aromatic nitrogens is 2. The molecule has 22 heavy (non-hydrogen) atoms. The molecule has 0 aliphatic heterocycles. The first-order chi connectivity index (χ1) is 10.4. The van der Waals surface area contributed by atoms with Crippen molar-refractivity contribution in [3.63, 3.8) is 0 Å². The monoisotopic (exact) mass is 419 g/mol. The van der Waals surface area contributed by atoms with E-state index in [1.807, 2.05) is 13.0 Å². The lowest BCUT2D eigenvalue weighted by Crippen LogP contribution is -2.11. The van der Waals surface area contributed by atoms with Crippen molar-refractivity contribution in [3.05, 3.63) is 39.4 Å². The van der Waals surface area contributed by atoms with E-state index in [2.05, 4.69) is 26.2 Å². The molecule has 3 heterocycles. The highest BCUT2D eigenvalue weighted by Gasteiger charge is 2.24. The van der Waals surface area contributed by atoms with Crippen LogP contribution in [0.25, 0.3) is 11.0 Å². The summed E-state index contributed by atoms with van der Waals surface area (Å²) >= 11 is 10.2. The molecule has 0 saturated heterocycles. The third-order valence-corrected chi connectivity index (χ3v) is 7.61. The molecule has 0 fully saturated rings. The fraction of sp³-hybridized carbons (Fsp3) is 0.154. The van der Waals surface area contributed by atoms with Crippen LogP contribution in [0.1, 0.15) is 6.92 Å². The molecule has 3 aromatic rings. The van der Waals surface area contributed by atoms with E-state index >= 15 is 0 Å². The van der Waals surface area contributed by atoms with Crippen molar-refractivity contribution >= 4 is 65.6 Å². The Labute approximate surface area is 145 Å². The van der Waals surface area contributed by atoms with E-state index in [-0.39, 0.29) is 4.21 Å². The zero-order chi connectivity index (χ0) is 15.9. The summed E-state index contributed by atoms with van der Waals surface area (Å²) in [5.74, 6) is 0. The summed E-state index contributed by atoms with van der Waals surface area (Å²) in [6, 6.07) is 5.12. The SMILES string of the molecule is CCNc1cn(S(=O)(=O)c2cc(Br)c(Cl)s2)c2ncccc12. The van der Waals surface area contributed by atoms with E-state index in [1.54, 1.807) is 18.5 Å². The Morgan fingerprint density at radius 3 is 2.91 bits per heavy atom. The van der Waals surface area contributed by atoms with Crippen molar-refractivity contribution in [2.24, 2.45) is 0 Å². The Morgan fingerprint density at radius 1 is 1.50 bits per heavy atom. The van der Waals surface area contributed by atoms with Crippen molar-refractivity contribution in [1.29, 1.82) is 0 Å². The van der Waals surface area contributed by atoms with Crippen LogP contribution < -0.4 is 5.32 Å². The third-order valence-electron chi connectivity index (χ3n) is 3.03. The lowest BCUT2D eigenvalue weighted by Gasteiger charge is -2.03. The fourth-order valence-corrected chi connectivity index (χ4v) is 5.81. The summed E-state index contributed by atoms with van der Waals surface area (Å²) in [7, 11) is -3.75. The second-order valence-electron chi connectivity index (χ2n) is 4.44. The quantitative estimate of drug-likeness (QED) is 0.687. The zero-order valence-electron chi connectivity index (χ0n) is 11.4. The molecular formula is C13H11BrClN3O2S2. The lowest BCUT2D eigenvalue weighted by molar-refractivity contribution is 0.591. The topological polar surface area (TPSA) is 64.0 Å². The average Bonchev–Trinajstić information content (AvgIpc) is 3.02. The smallest absolute Gasteiger partial charge is 0.279 e. The molecule has 0 saturated carbocycles. The van der Waals surface area contributed by atoms with Gasteiger partial charge in [0.25, 0.3) is 10.0 Å². The van der Waals surface area contributed by atoms with Crippen molar-refractivity contribution in [2.45, 2.75) is 11.1 Å². The molecule has 0 aromatic carbocycles. The van der Waals surface area contributed by atoms with E-state index in [0.29, 0.717) is 21.0 Å². The predicted octanol–water partition coefficient (Wildman–Crippen LogP) is 4.18. The van der Waals surface area contributed by atoms with Gasteiger partial charge in [-0.2, -0.15) is 8.42 Å². The number of nitrogens with zero attached hydrogens (tertiary/aromatic N) is 2. The number of thiophene rings is 1. The summed E-state index contributed by atoms with van der Waals surface area (Å²) in [6.07, 6.45) is 3.12. The van der Waals surface area contributed by atoms with E-state index in [4.69, 9.17) is 11.6 Å². The molecule has 0 atom stereocenters. The Bertz CT molecular complexity index is 930. The lowest BCUT2D eigenvalue weighted by atomic mass is 10.3. The molecule has 5 nitrogen and oxygen atoms in total. The van der Waals surface area contributed by atoms with Crippen LogP contribution in [0.15, 0.2) is 39.3 Å². The van der Waals surface area contributed by atoms with Gasteiger partial charge in [0, 0.05) is 28.8 Å². The number of anilines is 1. The van der Waals surface area contributed by atoms with E-state index < -0.39 is 10.0 Å². The van der Waals surface area contributed by atoms with Crippen LogP contribution >= 0.6 is 38.9 Å². The van der Waals surface area contributed by atoms with Gasteiger partial charge in [-0.3, -0.25) is 0 Å². The summed E-state index contributed by atoms with van der Waals surface area (Å²) in [5, 5.41) is 3.91. The van der Waals surface area contributed by atoms with Gasteiger partial charge in [-0.25, -0.2) is 8.96 Å². The van der Waals surface area contributed by atoms with Crippen LogP contribution in [-0.2, 0) is 10.0 Å². The Balaban J connectivity index is 2.25. The van der Waals surface area contributed by atoms with Crippen LogP contribution in [0.5, 0.6) is 0 Å². The maximum absolute atomic E-state index is 12.9. The minimum atomic E-state index is -3.75. The maximum atomic E-state index is 12.9. The molecule has 0 radical (unpaired) electrons. The zero-order valence-corrected chi connectivity index (χ0v) is 15.4. The highest BCUT2D eigenvalue weighted by molar-refractivity contribution is 9.10. The first-order valence-electron chi connectivity index (χ1n) is 6.35. The normalized spacial score (nSPS) is 12.0. The Kier molecular flexibility index (Phi) is 4.19. The number of fused-ring (bicyclic) bond motifs is 1. The van der Waals surface area contributed by atoms with Gasteiger partial charge >= 0.3 is 0 Å². The largest absolute Gasteiger partial charge is 0.384 e. The molecule has 3 aromatic heterocycles. The fourth-order valence-electron chi connectivity index (χ4n) is 2.10. The number of pyridine rings is 1. The number of hydrogen-bond donors (Lipinski definition) is 1. The van der Waals surface area contributed by atoms with Gasteiger partial charge in [-0.05, 0) is 41.1 Å². The van der Waals surface area contributed by atoms with Gasteiger partial charge in [-0.1, -0.05) is 11.6 Å². The van der Waals surface area contributed by atoms with Crippen molar-refractivity contribution in [1.82, 2.24) is 8.96 Å². The highest BCUT2D eigenvalue weighted by Crippen LogP contribution is 2.37. The number of rotatable bonds is 4. The molecule has 0 aliphatic rings. The molecule has 0 amide bonds. The molecule has 1 N–H and O–H groups in total. The van der Waals surface area contributed by atoms with Gasteiger partial charge in [0.2, 0.25) is 0 Å². The minimum absolute atomic E-state index is 0.162. The average molecular weight is 421 g/mol. The Morgan fingerprint density at radius 2 is 2.27 bits per heavy atom. The van der Waals surface area contributed by atoms with Gasteiger partial charge in [0.15, 0.2) is 5.65 Å². The number of nitrogens with one attached hydrogen (secondary N) is 1. The molecular weight excluding hydrogens is 410 g/mol. The van der Waals surface area contributed by atoms with E-state index in [0.717, 1.165) is 22.4 Å². The highest BCUT2D eigenvalue weighted by atomic mass is 79.9. The predicted molar refractivity (Wildman–Crippen MR) is 93.5 cm³/mol. The van der Waals surface area contributed by atoms with Crippen LogP contribution in [0.3, 0.4) is 0 Å². The molecule has 3 rings (SSSR count). The minimum Gasteiger partial charge on any atom is -0.384 e. The van der Waals surface area contributed by atoms with Crippen LogP contribution in [-0.4, -0.2) is 23.9 Å². The molecule has 0 bridgehead atoms. The first-order valence-corrected chi connectivity index (χ1v) is 9.78. The second kappa shape index (κ2) is 5.84. The standard InChI is InChI=1S/C13H11BrClN3O2S2/c1-2-16-10-7-18(13-8(10)4-3-5-17-13)22(19,20)11-6-9(14)12(15)21-11/h3-7,16H,2H2,1H3. The molecule has 9 heteroatoms. The van der Waals surface area contributed by atoms with Crippen molar-refractivity contribution in [2.75, 3.05) is 11.9 Å². The molecule has 0 aliphatic carbocycles. The summed E-state index contributed by atoms with van der Waals surface area (Å²) in [6.45, 7) is 2.63. The number of hydrogen-bond acceptors (Lipinski definition) is 5. The van der Waals surface area contributed by atoms with Crippen LogP contribution in [0.2, 0.25) is 4.34 Å². The van der Waals surface area contributed by atoms with Gasteiger partial charge in [0.1, 0.15) is 8.55 Å². The molecule has 0 unspecified atom stereocenters. The van der Waals surface area contributed by atoms with Crippen molar-refractivity contribution < 1.29 is 8.42 Å². The molecule has 116 valence electrons. The first kappa shape index (κ1) is 15.8. The Hall–Kier alpha value is -1.09. The van der Waals surface area contributed by atoms with Gasteiger partial charge < -0.3 is 5.32 Å². The molecule has 0 spiro atoms. The van der Waals surface area contributed by atoms with E-state index in [9.17, 15) is 8.42 Å². The summed E-state index contributed by atoms with van der Waals surface area (Å²) < 4.78 is 28.0. The third kappa shape index (κ3) is 2.54. The maximum Gasteiger partial charge on any atom is 0.279 e. The van der Waals surface area contributed by atoms with Crippen LogP contribution in [0, 0.1) is 0 Å². The summed E-state index contributed by atoms with van der Waals surface area (Å²) in [4.78, 5) is 4.21. The van der Waals surface area contributed by atoms with E-state index in [1.165, 1.54) is 10.0 Å². The van der Waals surface area contributed by atoms with Gasteiger partial charge in [0.05, 0.1) is 5.69 Å². The number of halogens is 2. The van der Waals surface area contributed by atoms with Gasteiger partial charge in [-0.15, -0.1) is 11.3 Å². The van der Waals surface area contributed by atoms with Crippen molar-refractivity contribution in [3.8, 4) is 0 Å². The second-order valence-corrected chi connectivity index (χ2v) is 8.99. The van der Waals surface area contributed by atoms with Crippen LogP contribution in [0.4, 0.5) is 5.69 Å². The summed E-state index contributed by atoms with van der Waals surface area (Å²) in [5.41, 5.74) is 1.12.